The Kier molecular flexibility index (Phi) is 4.84. The van der Waals surface area contributed by atoms with Crippen LogP contribution in [-0.2, 0) is 0 Å². The minimum Gasteiger partial charge on any atom is -0.351 e. The largest absolute Gasteiger partial charge is 0.351 e. The average Bonchev–Trinajstić information content (AvgIpc) is 3.32. The van der Waals surface area contributed by atoms with Gasteiger partial charge in [-0.2, -0.15) is 5.10 Å². The number of hydrogen-bond acceptors (Lipinski definition) is 7. The van der Waals surface area contributed by atoms with Gasteiger partial charge in [-0.3, -0.25) is 19.9 Å². The lowest BCUT2D eigenvalue weighted by Crippen LogP contribution is -2.37. The smallest absolute Gasteiger partial charge is 0.269 e. The summed E-state index contributed by atoms with van der Waals surface area (Å²) in [5, 5.41) is 16.0. The van der Waals surface area contributed by atoms with Crippen LogP contribution in [0.3, 0.4) is 0 Å². The van der Waals surface area contributed by atoms with Crippen LogP contribution < -0.4 is 16.1 Å². The number of carbonyl (C=O) groups excluding carboxylic acids is 1. The fraction of sp³-hybridized carbons (Fsp3) is 0.222. The van der Waals surface area contributed by atoms with Crippen molar-refractivity contribution in [1.29, 1.82) is 0 Å². The number of nitrogens with zero attached hydrogens (tertiary/aromatic N) is 4. The summed E-state index contributed by atoms with van der Waals surface area (Å²) in [4.78, 5) is 20.7. The molecule has 3 aromatic rings. The quantitative estimate of drug-likeness (QED) is 0.536. The summed E-state index contributed by atoms with van der Waals surface area (Å²) >= 11 is 6.47. The lowest BCUT2D eigenvalue weighted by Gasteiger charge is -2.17. The van der Waals surface area contributed by atoms with Crippen molar-refractivity contribution in [3.63, 3.8) is 0 Å². The van der Waals surface area contributed by atoms with Crippen LogP contribution in [0.1, 0.15) is 29.1 Å². The Morgan fingerprint density at radius 1 is 1.29 bits per heavy atom. The molecule has 0 saturated carbocycles. The lowest BCUT2D eigenvalue weighted by molar-refractivity contribution is 0.0951. The number of amides is 1. The van der Waals surface area contributed by atoms with E-state index in [4.69, 9.17) is 11.6 Å². The molecule has 144 valence electrons. The van der Waals surface area contributed by atoms with Crippen LogP contribution in [0.25, 0.3) is 10.9 Å². The second-order valence-electron chi connectivity index (χ2n) is 6.26. The Hall–Kier alpha value is -3.17. The van der Waals surface area contributed by atoms with Gasteiger partial charge in [0.1, 0.15) is 11.9 Å². The number of carbonyl (C=O) groups is 1. The number of halogens is 1. The van der Waals surface area contributed by atoms with E-state index in [-0.39, 0.29) is 12.1 Å². The summed E-state index contributed by atoms with van der Waals surface area (Å²) in [7, 11) is 1.85. The Morgan fingerprint density at radius 2 is 2.14 bits per heavy atom. The molecule has 0 aliphatic carbocycles. The number of aromatic nitrogens is 3. The fourth-order valence-electron chi connectivity index (χ4n) is 2.90. The fourth-order valence-corrected chi connectivity index (χ4v) is 3.16. The van der Waals surface area contributed by atoms with Crippen molar-refractivity contribution in [2.75, 3.05) is 18.9 Å². The zero-order chi connectivity index (χ0) is 19.7. The molecule has 1 amide bonds. The normalized spacial score (nSPS) is 16.3. The zero-order valence-corrected chi connectivity index (χ0v) is 16.1. The predicted molar refractivity (Wildman–Crippen MR) is 108 cm³/mol. The minimum absolute atomic E-state index is 0.194. The first-order chi connectivity index (χ1) is 13.6. The van der Waals surface area contributed by atoms with E-state index in [1.54, 1.807) is 23.5 Å². The zero-order valence-electron chi connectivity index (χ0n) is 15.3. The maximum Gasteiger partial charge on any atom is 0.269 e. The Balaban J connectivity index is 1.53. The number of rotatable bonds is 4. The topological polar surface area (TPSA) is 110 Å². The summed E-state index contributed by atoms with van der Waals surface area (Å²) in [6.45, 7) is 2.42. The highest BCUT2D eigenvalue weighted by molar-refractivity contribution is 6.38. The number of nitrogens with one attached hydrogen (secondary N) is 4. The van der Waals surface area contributed by atoms with Gasteiger partial charge >= 0.3 is 0 Å². The molecule has 10 heteroatoms. The van der Waals surface area contributed by atoms with Crippen molar-refractivity contribution in [3.8, 4) is 0 Å². The standard InChI is InChI=1S/C18H19ClN8O/c1-3-20-17(28)14-5-4-10(8-21-14)16-24-18(27(2)26-16)23-13-7-6-12-11(15(13)19)9-22-25-12/h4-9,16,26H,3H2,1-2H3,(H,20,28)(H,22,25)(H,23,24). The first-order valence-corrected chi connectivity index (χ1v) is 9.15. The third-order valence-corrected chi connectivity index (χ3v) is 4.77. The molecular weight excluding hydrogens is 380 g/mol. The van der Waals surface area contributed by atoms with E-state index in [1.807, 2.05) is 32.2 Å². The van der Waals surface area contributed by atoms with Gasteiger partial charge in [0, 0.05) is 30.7 Å². The molecule has 4 rings (SSSR count). The molecule has 1 aliphatic rings. The van der Waals surface area contributed by atoms with E-state index in [9.17, 15) is 4.79 Å². The van der Waals surface area contributed by atoms with Crippen molar-refractivity contribution in [1.82, 2.24) is 30.9 Å². The molecule has 3 heterocycles. The van der Waals surface area contributed by atoms with Crippen LogP contribution in [0, 0.1) is 0 Å². The van der Waals surface area contributed by atoms with Crippen LogP contribution in [-0.4, -0.2) is 45.6 Å². The monoisotopic (exact) mass is 398 g/mol. The number of hydrazine groups is 1. The second-order valence-corrected chi connectivity index (χ2v) is 6.64. The molecule has 1 aromatic carbocycles. The maximum absolute atomic E-state index is 11.8. The number of fused-ring (bicyclic) bond motifs is 1. The van der Waals surface area contributed by atoms with Crippen molar-refractivity contribution >= 4 is 40.1 Å². The van der Waals surface area contributed by atoms with Crippen molar-refractivity contribution in [2.24, 2.45) is 4.99 Å². The number of benzene rings is 1. The SMILES string of the molecule is CCNC(=O)c1ccc(C2N=C(Nc3ccc4[nH]ncc4c3Cl)N(C)N2)cn1. The molecule has 28 heavy (non-hydrogen) atoms. The van der Waals surface area contributed by atoms with Gasteiger partial charge in [0.15, 0.2) is 0 Å². The van der Waals surface area contributed by atoms with E-state index in [0.717, 1.165) is 22.2 Å². The molecule has 0 saturated heterocycles. The van der Waals surface area contributed by atoms with Gasteiger partial charge in [-0.25, -0.2) is 10.4 Å². The molecule has 0 fully saturated rings. The molecule has 9 nitrogen and oxygen atoms in total. The molecule has 0 bridgehead atoms. The molecule has 1 aliphatic heterocycles. The summed E-state index contributed by atoms with van der Waals surface area (Å²) in [6, 6.07) is 7.29. The molecule has 0 radical (unpaired) electrons. The van der Waals surface area contributed by atoms with Gasteiger partial charge in [0.05, 0.1) is 22.4 Å². The Morgan fingerprint density at radius 3 is 2.89 bits per heavy atom. The first kappa shape index (κ1) is 18.2. The van der Waals surface area contributed by atoms with Crippen molar-refractivity contribution in [2.45, 2.75) is 13.1 Å². The van der Waals surface area contributed by atoms with E-state index in [1.165, 1.54) is 0 Å². The van der Waals surface area contributed by atoms with Crippen molar-refractivity contribution < 1.29 is 4.79 Å². The second kappa shape index (κ2) is 7.45. The third kappa shape index (κ3) is 3.37. The summed E-state index contributed by atoms with van der Waals surface area (Å²) in [6.07, 6.45) is 3.01. The number of guanidine groups is 1. The summed E-state index contributed by atoms with van der Waals surface area (Å²) in [5.41, 5.74) is 6.04. The molecular formula is C18H19ClN8O. The minimum atomic E-state index is -0.320. The predicted octanol–water partition coefficient (Wildman–Crippen LogP) is 2.28. The molecule has 2 aromatic heterocycles. The highest BCUT2D eigenvalue weighted by Crippen LogP contribution is 2.30. The number of aliphatic imine (C=N–C) groups is 1. The van der Waals surface area contributed by atoms with Gasteiger partial charge in [0.2, 0.25) is 5.96 Å². The van der Waals surface area contributed by atoms with Gasteiger partial charge in [-0.1, -0.05) is 17.7 Å². The Bertz CT molecular complexity index is 1050. The number of aromatic amines is 1. The van der Waals surface area contributed by atoms with Crippen LogP contribution in [0.5, 0.6) is 0 Å². The number of hydrogen-bond donors (Lipinski definition) is 4. The van der Waals surface area contributed by atoms with E-state index in [0.29, 0.717) is 23.2 Å². The van der Waals surface area contributed by atoms with Crippen LogP contribution in [0.15, 0.2) is 41.7 Å². The molecule has 1 unspecified atom stereocenters. The Labute approximate surface area is 166 Å². The van der Waals surface area contributed by atoms with Gasteiger partial charge in [-0.15, -0.1) is 0 Å². The summed E-state index contributed by atoms with van der Waals surface area (Å²) in [5.74, 6) is 0.420. The number of pyridine rings is 1. The molecule has 4 N–H and O–H groups in total. The first-order valence-electron chi connectivity index (χ1n) is 8.77. The highest BCUT2D eigenvalue weighted by atomic mass is 35.5. The van der Waals surface area contributed by atoms with E-state index in [2.05, 4.69) is 36.2 Å². The molecule has 0 spiro atoms. The van der Waals surface area contributed by atoms with Crippen LogP contribution in [0.4, 0.5) is 5.69 Å². The van der Waals surface area contributed by atoms with E-state index >= 15 is 0 Å². The average molecular weight is 399 g/mol. The third-order valence-electron chi connectivity index (χ3n) is 4.36. The van der Waals surface area contributed by atoms with Crippen LogP contribution in [0.2, 0.25) is 5.02 Å². The van der Waals surface area contributed by atoms with E-state index < -0.39 is 0 Å². The number of H-pyrrole nitrogens is 1. The molecule has 1 atom stereocenters. The number of anilines is 1. The van der Waals surface area contributed by atoms with Crippen LogP contribution >= 0.6 is 11.6 Å². The van der Waals surface area contributed by atoms with Gasteiger partial charge in [0.25, 0.3) is 5.91 Å². The lowest BCUT2D eigenvalue weighted by atomic mass is 10.2. The summed E-state index contributed by atoms with van der Waals surface area (Å²) < 4.78 is 0. The highest BCUT2D eigenvalue weighted by Gasteiger charge is 2.24. The maximum atomic E-state index is 11.8. The van der Waals surface area contributed by atoms with Gasteiger partial charge < -0.3 is 10.6 Å². The van der Waals surface area contributed by atoms with Crippen molar-refractivity contribution in [3.05, 3.63) is 52.9 Å². The van der Waals surface area contributed by atoms with Gasteiger partial charge in [-0.05, 0) is 25.1 Å².